The Morgan fingerprint density at radius 2 is 2.46 bits per heavy atom. The van der Waals surface area contributed by atoms with E-state index in [0.717, 1.165) is 10.2 Å². The van der Waals surface area contributed by atoms with E-state index in [-0.39, 0.29) is 0 Å². The third-order valence-corrected chi connectivity index (χ3v) is 2.21. The summed E-state index contributed by atoms with van der Waals surface area (Å²) < 4.78 is 19.6. The second-order valence-electron chi connectivity index (χ2n) is 2.51. The van der Waals surface area contributed by atoms with Crippen molar-refractivity contribution in [2.24, 2.45) is 0 Å². The molecule has 0 aliphatic rings. The van der Waals surface area contributed by atoms with E-state index in [1.165, 1.54) is 0 Å². The van der Waals surface area contributed by atoms with Gasteiger partial charge in [0.1, 0.15) is 12.4 Å². The van der Waals surface area contributed by atoms with Gasteiger partial charge in [0.15, 0.2) is 0 Å². The van der Waals surface area contributed by atoms with Crippen LogP contribution in [0, 0.1) is 0 Å². The first-order valence-corrected chi connectivity index (χ1v) is 4.92. The number of aromatic nitrogens is 2. The summed E-state index contributed by atoms with van der Waals surface area (Å²) >= 11 is 3.33. The molecule has 1 aromatic heterocycles. The number of rotatable bonds is 5. The van der Waals surface area contributed by atoms with Gasteiger partial charge in [-0.25, -0.2) is 4.39 Å². The third-order valence-electron chi connectivity index (χ3n) is 1.54. The van der Waals surface area contributed by atoms with Gasteiger partial charge in [-0.2, -0.15) is 5.10 Å². The van der Waals surface area contributed by atoms with E-state index >= 15 is 0 Å². The Morgan fingerprint density at radius 3 is 3.08 bits per heavy atom. The van der Waals surface area contributed by atoms with Crippen LogP contribution in [0.3, 0.4) is 0 Å². The fraction of sp³-hybridized carbons (Fsp3) is 0.625. The second-order valence-corrected chi connectivity index (χ2v) is 3.37. The molecule has 3 nitrogen and oxygen atoms in total. The highest BCUT2D eigenvalue weighted by Crippen LogP contribution is 2.15. The van der Waals surface area contributed by atoms with Crippen molar-refractivity contribution in [3.05, 3.63) is 16.4 Å². The molecular formula is C8H12BrFN2O. The van der Waals surface area contributed by atoms with Gasteiger partial charge >= 0.3 is 0 Å². The Kier molecular flexibility index (Phi) is 4.38. The Bertz CT molecular complexity index is 265. The fourth-order valence-corrected chi connectivity index (χ4v) is 1.36. The third kappa shape index (κ3) is 3.08. The summed E-state index contributed by atoms with van der Waals surface area (Å²) in [6.07, 6.45) is 1.76. The highest BCUT2D eigenvalue weighted by Gasteiger charge is 2.05. The molecule has 1 rings (SSSR count). The average Bonchev–Trinajstić information content (AvgIpc) is 2.44. The molecule has 0 fully saturated rings. The first-order chi connectivity index (χ1) is 6.27. The maximum atomic E-state index is 12.0. The summed E-state index contributed by atoms with van der Waals surface area (Å²) in [7, 11) is 0. The summed E-state index contributed by atoms with van der Waals surface area (Å²) in [6, 6.07) is 0. The van der Waals surface area contributed by atoms with Gasteiger partial charge in [-0.3, -0.25) is 4.68 Å². The van der Waals surface area contributed by atoms with Crippen LogP contribution in [0.2, 0.25) is 0 Å². The van der Waals surface area contributed by atoms with Crippen LogP contribution in [0.25, 0.3) is 0 Å². The lowest BCUT2D eigenvalue weighted by Gasteiger charge is -1.97. The Morgan fingerprint density at radius 1 is 1.69 bits per heavy atom. The quantitative estimate of drug-likeness (QED) is 0.801. The highest BCUT2D eigenvalue weighted by molar-refractivity contribution is 9.10. The van der Waals surface area contributed by atoms with Crippen molar-refractivity contribution in [2.75, 3.05) is 13.3 Å². The number of hydrogen-bond donors (Lipinski definition) is 0. The van der Waals surface area contributed by atoms with E-state index in [4.69, 9.17) is 4.74 Å². The van der Waals surface area contributed by atoms with Gasteiger partial charge in [0.05, 0.1) is 17.6 Å². The van der Waals surface area contributed by atoms with Crippen LogP contribution in [0.1, 0.15) is 12.6 Å². The van der Waals surface area contributed by atoms with Gasteiger partial charge in [-0.15, -0.1) is 0 Å². The normalized spacial score (nSPS) is 10.7. The standard InChI is InChI=1S/C8H12BrFN2O/c1-2-13-6-8-7(9)5-12(11-8)4-3-10/h5H,2-4,6H2,1H3. The lowest BCUT2D eigenvalue weighted by atomic mass is 10.5. The molecule has 0 aliphatic carbocycles. The van der Waals surface area contributed by atoms with Crippen molar-refractivity contribution in [3.63, 3.8) is 0 Å². The second kappa shape index (κ2) is 5.34. The molecule has 13 heavy (non-hydrogen) atoms. The smallest absolute Gasteiger partial charge is 0.109 e. The maximum Gasteiger partial charge on any atom is 0.109 e. The molecule has 5 heteroatoms. The molecule has 0 amide bonds. The van der Waals surface area contributed by atoms with E-state index in [1.54, 1.807) is 10.9 Å². The van der Waals surface area contributed by atoms with Crippen LogP contribution < -0.4 is 0 Å². The zero-order valence-corrected chi connectivity index (χ0v) is 9.05. The molecule has 0 spiro atoms. The zero-order valence-electron chi connectivity index (χ0n) is 7.46. The Labute approximate surface area is 85.0 Å². The molecule has 0 N–H and O–H groups in total. The molecule has 0 unspecified atom stereocenters. The highest BCUT2D eigenvalue weighted by atomic mass is 79.9. The van der Waals surface area contributed by atoms with Gasteiger partial charge in [-0.1, -0.05) is 0 Å². The van der Waals surface area contributed by atoms with Crippen molar-refractivity contribution in [2.45, 2.75) is 20.1 Å². The largest absolute Gasteiger partial charge is 0.375 e. The summed E-state index contributed by atoms with van der Waals surface area (Å²) in [5.74, 6) is 0. The molecule has 0 aliphatic heterocycles. The van der Waals surface area contributed by atoms with Crippen LogP contribution >= 0.6 is 15.9 Å². The minimum Gasteiger partial charge on any atom is -0.375 e. The minimum atomic E-state index is -0.401. The molecule has 0 bridgehead atoms. The van der Waals surface area contributed by atoms with Crippen LogP contribution in [0.15, 0.2) is 10.7 Å². The first-order valence-electron chi connectivity index (χ1n) is 4.13. The Hall–Kier alpha value is -0.420. The molecule has 1 aromatic rings. The van der Waals surface area contributed by atoms with Gasteiger partial charge in [0, 0.05) is 12.8 Å². The lowest BCUT2D eigenvalue weighted by molar-refractivity contribution is 0.130. The van der Waals surface area contributed by atoms with Crippen molar-refractivity contribution >= 4 is 15.9 Å². The summed E-state index contributed by atoms with van der Waals surface area (Å²) in [6.45, 7) is 2.94. The molecule has 74 valence electrons. The SMILES string of the molecule is CCOCc1nn(CCF)cc1Br. The van der Waals surface area contributed by atoms with Gasteiger partial charge in [-0.05, 0) is 22.9 Å². The number of halogens is 2. The molecule has 1 heterocycles. The van der Waals surface area contributed by atoms with Crippen molar-refractivity contribution in [1.82, 2.24) is 9.78 Å². The summed E-state index contributed by atoms with van der Waals surface area (Å²) in [5.41, 5.74) is 0.815. The number of nitrogens with zero attached hydrogens (tertiary/aromatic N) is 2. The molecule has 0 atom stereocenters. The Balaban J connectivity index is 2.60. The van der Waals surface area contributed by atoms with E-state index in [9.17, 15) is 4.39 Å². The predicted octanol–water partition coefficient (Wildman–Crippen LogP) is 2.15. The number of hydrogen-bond acceptors (Lipinski definition) is 2. The number of aryl methyl sites for hydroxylation is 1. The van der Waals surface area contributed by atoms with E-state index < -0.39 is 6.67 Å². The van der Waals surface area contributed by atoms with E-state index in [0.29, 0.717) is 19.8 Å². The van der Waals surface area contributed by atoms with Gasteiger partial charge < -0.3 is 4.74 Å². The molecule has 0 aromatic carbocycles. The van der Waals surface area contributed by atoms with Crippen molar-refractivity contribution < 1.29 is 9.13 Å². The maximum absolute atomic E-state index is 12.0. The monoisotopic (exact) mass is 250 g/mol. The predicted molar refractivity (Wildman–Crippen MR) is 51.2 cm³/mol. The van der Waals surface area contributed by atoms with Crippen LogP contribution in [-0.2, 0) is 17.9 Å². The first kappa shape index (κ1) is 10.7. The van der Waals surface area contributed by atoms with Gasteiger partial charge in [0.2, 0.25) is 0 Å². The molecule has 0 saturated carbocycles. The number of alkyl halides is 1. The molecule has 0 radical (unpaired) electrons. The van der Waals surface area contributed by atoms with Crippen LogP contribution in [-0.4, -0.2) is 23.1 Å². The summed E-state index contributed by atoms with van der Waals surface area (Å²) in [4.78, 5) is 0. The van der Waals surface area contributed by atoms with Gasteiger partial charge in [0.25, 0.3) is 0 Å². The number of ether oxygens (including phenoxy) is 1. The molecular weight excluding hydrogens is 239 g/mol. The zero-order chi connectivity index (χ0) is 9.68. The van der Waals surface area contributed by atoms with Crippen LogP contribution in [0.5, 0.6) is 0 Å². The van der Waals surface area contributed by atoms with Crippen molar-refractivity contribution in [1.29, 1.82) is 0 Å². The van der Waals surface area contributed by atoms with Crippen molar-refractivity contribution in [3.8, 4) is 0 Å². The molecule has 0 saturated heterocycles. The lowest BCUT2D eigenvalue weighted by Crippen LogP contribution is -2.01. The van der Waals surface area contributed by atoms with Crippen LogP contribution in [0.4, 0.5) is 4.39 Å². The average molecular weight is 251 g/mol. The van der Waals surface area contributed by atoms with E-state index in [2.05, 4.69) is 21.0 Å². The summed E-state index contributed by atoms with van der Waals surface area (Å²) in [5, 5.41) is 4.14. The topological polar surface area (TPSA) is 27.1 Å². The fourth-order valence-electron chi connectivity index (χ4n) is 0.935. The van der Waals surface area contributed by atoms with E-state index in [1.807, 2.05) is 6.92 Å². The minimum absolute atomic E-state index is 0.296.